The van der Waals surface area contributed by atoms with Gasteiger partial charge in [-0.2, -0.15) is 5.26 Å². The van der Waals surface area contributed by atoms with Gasteiger partial charge in [0.2, 0.25) is 0 Å². The molecule has 0 aliphatic heterocycles. The van der Waals surface area contributed by atoms with E-state index in [4.69, 9.17) is 10.00 Å². The summed E-state index contributed by atoms with van der Waals surface area (Å²) in [6, 6.07) is 10.3. The SMILES string of the molecule is CCCC1CCC(c2ccc(C(=O)Oc3cc(F)c(C#N)c(F)c3)cc2)CC1. The second-order valence-corrected chi connectivity index (χ2v) is 7.39. The van der Waals surface area contributed by atoms with Gasteiger partial charge in [0.15, 0.2) is 0 Å². The van der Waals surface area contributed by atoms with Crippen LogP contribution in [0.2, 0.25) is 0 Å². The average Bonchev–Trinajstić information content (AvgIpc) is 2.69. The number of halogens is 2. The van der Waals surface area contributed by atoms with Crippen molar-refractivity contribution in [2.45, 2.75) is 51.4 Å². The number of nitrogens with zero attached hydrogens (tertiary/aromatic N) is 1. The molecule has 3 nitrogen and oxygen atoms in total. The molecule has 1 saturated carbocycles. The molecular weight excluding hydrogens is 360 g/mol. The van der Waals surface area contributed by atoms with E-state index >= 15 is 0 Å². The number of benzene rings is 2. The van der Waals surface area contributed by atoms with E-state index in [0.717, 1.165) is 30.9 Å². The largest absolute Gasteiger partial charge is 0.423 e. The topological polar surface area (TPSA) is 50.1 Å². The van der Waals surface area contributed by atoms with Gasteiger partial charge >= 0.3 is 5.97 Å². The Hall–Kier alpha value is -2.74. The Morgan fingerprint density at radius 3 is 2.25 bits per heavy atom. The van der Waals surface area contributed by atoms with Crippen molar-refractivity contribution in [2.75, 3.05) is 0 Å². The predicted molar refractivity (Wildman–Crippen MR) is 102 cm³/mol. The standard InChI is InChI=1S/C23H23F2NO2/c1-2-3-15-4-6-16(7-5-15)17-8-10-18(11-9-17)23(27)28-19-12-21(24)20(14-26)22(25)13-19/h8-13,15-16H,2-7H2,1H3. The zero-order chi connectivity index (χ0) is 20.1. The molecule has 0 unspecified atom stereocenters. The van der Waals surface area contributed by atoms with Crippen LogP contribution in [0.25, 0.3) is 0 Å². The lowest BCUT2D eigenvalue weighted by atomic mass is 9.77. The molecule has 1 fully saturated rings. The molecule has 0 saturated heterocycles. The van der Waals surface area contributed by atoms with E-state index < -0.39 is 23.2 Å². The van der Waals surface area contributed by atoms with Crippen molar-refractivity contribution in [2.24, 2.45) is 5.92 Å². The minimum absolute atomic E-state index is 0.266. The van der Waals surface area contributed by atoms with Gasteiger partial charge in [-0.05, 0) is 55.2 Å². The first-order valence-corrected chi connectivity index (χ1v) is 9.73. The summed E-state index contributed by atoms with van der Waals surface area (Å²) in [5, 5.41) is 8.69. The van der Waals surface area contributed by atoms with Crippen LogP contribution in [0.3, 0.4) is 0 Å². The van der Waals surface area contributed by atoms with E-state index in [1.165, 1.54) is 37.3 Å². The maximum atomic E-state index is 13.6. The maximum absolute atomic E-state index is 13.6. The third kappa shape index (κ3) is 4.56. The zero-order valence-electron chi connectivity index (χ0n) is 15.9. The van der Waals surface area contributed by atoms with Gasteiger partial charge in [0.1, 0.15) is 29.0 Å². The smallest absolute Gasteiger partial charge is 0.343 e. The minimum Gasteiger partial charge on any atom is -0.423 e. The summed E-state index contributed by atoms with van der Waals surface area (Å²) in [6.45, 7) is 2.23. The van der Waals surface area contributed by atoms with Gasteiger partial charge in [-0.25, -0.2) is 13.6 Å². The lowest BCUT2D eigenvalue weighted by Gasteiger charge is -2.28. The van der Waals surface area contributed by atoms with Crippen LogP contribution in [-0.4, -0.2) is 5.97 Å². The third-order valence-electron chi connectivity index (χ3n) is 5.50. The van der Waals surface area contributed by atoms with E-state index in [0.29, 0.717) is 11.5 Å². The van der Waals surface area contributed by atoms with Gasteiger partial charge in [0, 0.05) is 12.1 Å². The quantitative estimate of drug-likeness (QED) is 0.461. The Kier molecular flexibility index (Phi) is 6.41. The van der Waals surface area contributed by atoms with Gasteiger partial charge in [-0.1, -0.05) is 31.9 Å². The van der Waals surface area contributed by atoms with E-state index in [1.54, 1.807) is 12.1 Å². The molecule has 0 bridgehead atoms. The fraction of sp³-hybridized carbons (Fsp3) is 0.391. The molecule has 1 aliphatic rings. The highest BCUT2D eigenvalue weighted by Gasteiger charge is 2.22. The van der Waals surface area contributed by atoms with Gasteiger partial charge in [-0.15, -0.1) is 0 Å². The molecule has 0 aromatic heterocycles. The molecule has 0 N–H and O–H groups in total. The van der Waals surface area contributed by atoms with Crippen LogP contribution >= 0.6 is 0 Å². The van der Waals surface area contributed by atoms with Crippen molar-refractivity contribution in [3.63, 3.8) is 0 Å². The molecule has 0 amide bonds. The highest BCUT2D eigenvalue weighted by molar-refractivity contribution is 5.91. The molecule has 0 heterocycles. The molecule has 146 valence electrons. The Labute approximate surface area is 163 Å². The number of rotatable bonds is 5. The third-order valence-corrected chi connectivity index (χ3v) is 5.50. The van der Waals surface area contributed by atoms with Gasteiger partial charge in [0.25, 0.3) is 0 Å². The van der Waals surface area contributed by atoms with E-state index in [1.807, 2.05) is 12.1 Å². The molecule has 0 radical (unpaired) electrons. The molecular formula is C23H23F2NO2. The van der Waals surface area contributed by atoms with E-state index in [-0.39, 0.29) is 5.75 Å². The molecule has 1 aliphatic carbocycles. The van der Waals surface area contributed by atoms with Gasteiger partial charge in [0.05, 0.1) is 5.56 Å². The van der Waals surface area contributed by atoms with Crippen LogP contribution in [0.1, 0.15) is 72.9 Å². The number of hydrogen-bond acceptors (Lipinski definition) is 3. The number of nitriles is 1. The average molecular weight is 383 g/mol. The monoisotopic (exact) mass is 383 g/mol. The number of hydrogen-bond donors (Lipinski definition) is 0. The number of ether oxygens (including phenoxy) is 1. The van der Waals surface area contributed by atoms with Crippen molar-refractivity contribution in [1.29, 1.82) is 5.26 Å². The normalized spacial score (nSPS) is 19.1. The Morgan fingerprint density at radius 2 is 1.71 bits per heavy atom. The van der Waals surface area contributed by atoms with E-state index in [2.05, 4.69) is 6.92 Å². The molecule has 2 aromatic carbocycles. The van der Waals surface area contributed by atoms with Crippen LogP contribution in [0, 0.1) is 28.9 Å². The fourth-order valence-corrected chi connectivity index (χ4v) is 3.97. The Morgan fingerprint density at radius 1 is 1.11 bits per heavy atom. The van der Waals surface area contributed by atoms with Crippen LogP contribution in [0.15, 0.2) is 36.4 Å². The van der Waals surface area contributed by atoms with Gasteiger partial charge in [-0.3, -0.25) is 0 Å². The number of carbonyl (C=O) groups excluding carboxylic acids is 1. The predicted octanol–water partition coefficient (Wildman–Crippen LogP) is 6.13. The highest BCUT2D eigenvalue weighted by Crippen LogP contribution is 2.37. The van der Waals surface area contributed by atoms with Crippen molar-refractivity contribution in [3.05, 3.63) is 64.7 Å². The summed E-state index contributed by atoms with van der Waals surface area (Å²) in [7, 11) is 0. The van der Waals surface area contributed by atoms with Crippen molar-refractivity contribution in [3.8, 4) is 11.8 Å². The highest BCUT2D eigenvalue weighted by atomic mass is 19.1. The lowest BCUT2D eigenvalue weighted by molar-refractivity contribution is 0.0734. The van der Waals surface area contributed by atoms with Crippen molar-refractivity contribution in [1.82, 2.24) is 0 Å². The van der Waals surface area contributed by atoms with Gasteiger partial charge < -0.3 is 4.74 Å². The zero-order valence-corrected chi connectivity index (χ0v) is 15.9. The summed E-state index contributed by atoms with van der Waals surface area (Å²) in [6.07, 6.45) is 7.36. The summed E-state index contributed by atoms with van der Waals surface area (Å²) >= 11 is 0. The van der Waals surface area contributed by atoms with Crippen LogP contribution < -0.4 is 4.74 Å². The number of esters is 1. The number of carbonyl (C=O) groups is 1. The Bertz CT molecular complexity index is 855. The fourth-order valence-electron chi connectivity index (χ4n) is 3.97. The van der Waals surface area contributed by atoms with Crippen LogP contribution in [0.5, 0.6) is 5.75 Å². The summed E-state index contributed by atoms with van der Waals surface area (Å²) in [5.74, 6) is -1.72. The molecule has 0 spiro atoms. The lowest BCUT2D eigenvalue weighted by Crippen LogP contribution is -2.14. The molecule has 0 atom stereocenters. The first-order chi connectivity index (χ1) is 13.5. The second-order valence-electron chi connectivity index (χ2n) is 7.39. The van der Waals surface area contributed by atoms with Crippen molar-refractivity contribution >= 4 is 5.97 Å². The molecule has 2 aromatic rings. The summed E-state index contributed by atoms with van der Waals surface area (Å²) in [5.41, 5.74) is 0.827. The summed E-state index contributed by atoms with van der Waals surface area (Å²) < 4.78 is 32.3. The van der Waals surface area contributed by atoms with Crippen LogP contribution in [-0.2, 0) is 0 Å². The Balaban J connectivity index is 1.64. The first-order valence-electron chi connectivity index (χ1n) is 9.73. The van der Waals surface area contributed by atoms with Crippen molar-refractivity contribution < 1.29 is 18.3 Å². The molecule has 5 heteroatoms. The maximum Gasteiger partial charge on any atom is 0.343 e. The second kappa shape index (κ2) is 8.97. The first kappa shape index (κ1) is 20.0. The minimum atomic E-state index is -1.06. The molecule has 3 rings (SSSR count). The van der Waals surface area contributed by atoms with Crippen LogP contribution in [0.4, 0.5) is 8.78 Å². The van der Waals surface area contributed by atoms with E-state index in [9.17, 15) is 13.6 Å². The molecule has 28 heavy (non-hydrogen) atoms. The summed E-state index contributed by atoms with van der Waals surface area (Å²) in [4.78, 5) is 12.3.